The fourth-order valence-corrected chi connectivity index (χ4v) is 4.26. The number of nitrogens with zero attached hydrogens (tertiary/aromatic N) is 2. The predicted octanol–water partition coefficient (Wildman–Crippen LogP) is 4.43. The highest BCUT2D eigenvalue weighted by molar-refractivity contribution is 8.20. The summed E-state index contributed by atoms with van der Waals surface area (Å²) in [6.45, 7) is 0. The van der Waals surface area contributed by atoms with Crippen molar-refractivity contribution in [1.82, 2.24) is 13.7 Å². The SMILES string of the molecule is O=C(NC(=O)c1cccc([N+](=O)[O-])c1)SNSN1c2ccc(-c3ccccc3)c1c2. The number of carbonyl (C=O) groups is 2. The van der Waals surface area contributed by atoms with E-state index in [1.807, 2.05) is 46.8 Å². The van der Waals surface area contributed by atoms with E-state index in [9.17, 15) is 19.7 Å². The molecular formula is C20H14N4O4S2. The molecule has 2 aromatic carbocycles. The number of hydrogen-bond donors (Lipinski definition) is 2. The number of benzene rings is 2. The lowest BCUT2D eigenvalue weighted by Gasteiger charge is -2.38. The number of allylic oxidation sites excluding steroid dienone is 4. The number of fused-ring (bicyclic) bond motifs is 2. The number of nitro benzene ring substituents is 1. The van der Waals surface area contributed by atoms with Crippen molar-refractivity contribution in [1.29, 1.82) is 0 Å². The van der Waals surface area contributed by atoms with Crippen LogP contribution in [0.15, 0.2) is 84.2 Å². The minimum absolute atomic E-state index is 0.0380. The maximum atomic E-state index is 12.1. The van der Waals surface area contributed by atoms with Crippen LogP contribution >= 0.6 is 24.1 Å². The van der Waals surface area contributed by atoms with E-state index in [1.54, 1.807) is 0 Å². The zero-order valence-corrected chi connectivity index (χ0v) is 16.9. The van der Waals surface area contributed by atoms with Crippen molar-refractivity contribution < 1.29 is 14.5 Å². The molecule has 2 amide bonds. The van der Waals surface area contributed by atoms with E-state index in [2.05, 4.69) is 15.5 Å². The van der Waals surface area contributed by atoms with Crippen LogP contribution in [0.3, 0.4) is 0 Å². The van der Waals surface area contributed by atoms with Crippen LogP contribution in [0.25, 0.3) is 5.57 Å². The Kier molecular flexibility index (Phi) is 5.70. The quantitative estimate of drug-likeness (QED) is 0.388. The second-order valence-electron chi connectivity index (χ2n) is 6.19. The molecule has 0 radical (unpaired) electrons. The fraction of sp³-hybridized carbons (Fsp3) is 0. The average molecular weight is 438 g/mol. The van der Waals surface area contributed by atoms with E-state index in [0.717, 1.165) is 28.6 Å². The van der Waals surface area contributed by atoms with E-state index in [1.165, 1.54) is 30.3 Å². The predicted molar refractivity (Wildman–Crippen MR) is 117 cm³/mol. The van der Waals surface area contributed by atoms with Crippen molar-refractivity contribution in [3.63, 3.8) is 0 Å². The third-order valence-electron chi connectivity index (χ3n) is 4.32. The molecular weight excluding hydrogens is 424 g/mol. The second kappa shape index (κ2) is 8.57. The van der Waals surface area contributed by atoms with Crippen LogP contribution in [0, 0.1) is 10.1 Å². The summed E-state index contributed by atoms with van der Waals surface area (Å²) in [6, 6.07) is 15.2. The van der Waals surface area contributed by atoms with E-state index >= 15 is 0 Å². The first-order valence-corrected chi connectivity index (χ1v) is 10.3. The minimum atomic E-state index is -0.705. The number of nitrogens with one attached hydrogen (secondary N) is 2. The molecule has 8 nitrogen and oxygen atoms in total. The van der Waals surface area contributed by atoms with Crippen LogP contribution in [0.4, 0.5) is 10.5 Å². The summed E-state index contributed by atoms with van der Waals surface area (Å²) in [4.78, 5) is 34.3. The third-order valence-corrected chi connectivity index (χ3v) is 5.83. The second-order valence-corrected chi connectivity index (χ2v) is 7.98. The first-order valence-electron chi connectivity index (χ1n) is 8.71. The number of carbonyl (C=O) groups excluding carboxylic acids is 2. The molecule has 2 aliphatic heterocycles. The van der Waals surface area contributed by atoms with Crippen LogP contribution in [-0.2, 0) is 0 Å². The van der Waals surface area contributed by atoms with Gasteiger partial charge in [0.25, 0.3) is 11.6 Å². The van der Waals surface area contributed by atoms with Crippen LogP contribution in [0.1, 0.15) is 15.9 Å². The van der Waals surface area contributed by atoms with Gasteiger partial charge in [0.05, 0.1) is 28.5 Å². The Morgan fingerprint density at radius 1 is 1.03 bits per heavy atom. The molecule has 0 saturated heterocycles. The molecule has 0 unspecified atom stereocenters. The molecule has 0 spiro atoms. The van der Waals surface area contributed by atoms with Crippen LogP contribution in [-0.4, -0.2) is 20.4 Å². The van der Waals surface area contributed by atoms with E-state index in [4.69, 9.17) is 0 Å². The maximum Gasteiger partial charge on any atom is 0.301 e. The first-order chi connectivity index (χ1) is 14.5. The summed E-state index contributed by atoms with van der Waals surface area (Å²) in [6.07, 6.45) is 6.09. The molecule has 0 aromatic heterocycles. The minimum Gasteiger partial charge on any atom is -0.282 e. The molecule has 2 bridgehead atoms. The molecule has 30 heavy (non-hydrogen) atoms. The maximum absolute atomic E-state index is 12.1. The molecule has 4 rings (SSSR count). The zero-order chi connectivity index (χ0) is 21.1. The van der Waals surface area contributed by atoms with E-state index in [-0.39, 0.29) is 11.3 Å². The molecule has 0 fully saturated rings. The van der Waals surface area contributed by atoms with Gasteiger partial charge in [-0.1, -0.05) is 42.5 Å². The molecule has 150 valence electrons. The highest BCUT2D eigenvalue weighted by Gasteiger charge is 2.30. The van der Waals surface area contributed by atoms with Crippen molar-refractivity contribution >= 4 is 46.5 Å². The summed E-state index contributed by atoms with van der Waals surface area (Å²) in [5, 5.41) is 12.4. The standard InChI is InChI=1S/C20H14N4O4S2/c25-19(14-7-4-8-16(11-14)24(27)28)21-20(26)29-22-30-23-15-9-10-17(18(23)12-15)13-5-2-1-3-6-13/h1-12,22H,(H,21,25,26). The lowest BCUT2D eigenvalue weighted by atomic mass is 9.94. The van der Waals surface area contributed by atoms with Gasteiger partial charge < -0.3 is 0 Å². The number of non-ortho nitro benzene ring substituents is 1. The number of rotatable bonds is 6. The monoisotopic (exact) mass is 438 g/mol. The van der Waals surface area contributed by atoms with Crippen molar-refractivity contribution in [2.75, 3.05) is 0 Å². The summed E-state index contributed by atoms with van der Waals surface area (Å²) in [5.74, 6) is -0.705. The highest BCUT2D eigenvalue weighted by Crippen LogP contribution is 2.44. The number of hydrogen-bond acceptors (Lipinski definition) is 8. The lowest BCUT2D eigenvalue weighted by molar-refractivity contribution is -0.384. The van der Waals surface area contributed by atoms with Crippen LogP contribution in [0.2, 0.25) is 0 Å². The molecule has 0 atom stereocenters. The van der Waals surface area contributed by atoms with Crippen molar-refractivity contribution in [2.45, 2.75) is 0 Å². The number of amides is 2. The molecule has 0 aliphatic carbocycles. The number of imide groups is 1. The third kappa shape index (κ3) is 4.15. The van der Waals surface area contributed by atoms with Gasteiger partial charge in [-0.05, 0) is 23.8 Å². The molecule has 2 N–H and O–H groups in total. The van der Waals surface area contributed by atoms with Gasteiger partial charge in [-0.3, -0.25) is 29.3 Å². The first kappa shape index (κ1) is 20.0. The Labute approximate surface area is 180 Å². The largest absolute Gasteiger partial charge is 0.301 e. The van der Waals surface area contributed by atoms with E-state index < -0.39 is 16.1 Å². The normalized spacial score (nSPS) is 14.1. The average Bonchev–Trinajstić information content (AvgIpc) is 2.77. The van der Waals surface area contributed by atoms with Crippen molar-refractivity contribution in [3.8, 4) is 0 Å². The Morgan fingerprint density at radius 3 is 2.57 bits per heavy atom. The van der Waals surface area contributed by atoms with E-state index in [0.29, 0.717) is 11.9 Å². The molecule has 2 heterocycles. The smallest absolute Gasteiger partial charge is 0.282 e. The van der Waals surface area contributed by atoms with Gasteiger partial charge in [0.1, 0.15) is 0 Å². The molecule has 10 heteroatoms. The van der Waals surface area contributed by atoms with Gasteiger partial charge >= 0.3 is 5.24 Å². The van der Waals surface area contributed by atoms with Gasteiger partial charge in [-0.2, -0.15) is 4.13 Å². The van der Waals surface area contributed by atoms with Gasteiger partial charge in [0.15, 0.2) is 0 Å². The van der Waals surface area contributed by atoms with Gasteiger partial charge in [0.2, 0.25) is 0 Å². The Bertz CT molecular complexity index is 1130. The lowest BCUT2D eigenvalue weighted by Crippen LogP contribution is -2.31. The van der Waals surface area contributed by atoms with Crippen LogP contribution in [0.5, 0.6) is 0 Å². The Hall–Kier alpha value is -3.34. The summed E-state index contributed by atoms with van der Waals surface area (Å²) >= 11 is 1.93. The summed E-state index contributed by atoms with van der Waals surface area (Å²) in [7, 11) is 0. The van der Waals surface area contributed by atoms with Crippen LogP contribution < -0.4 is 9.44 Å². The summed E-state index contributed by atoms with van der Waals surface area (Å²) in [5.41, 5.74) is 4.01. The van der Waals surface area contributed by atoms with Gasteiger partial charge in [0, 0.05) is 35.2 Å². The van der Waals surface area contributed by atoms with Gasteiger partial charge in [-0.25, -0.2) is 0 Å². The number of nitro groups is 1. The summed E-state index contributed by atoms with van der Waals surface area (Å²) < 4.78 is 4.80. The van der Waals surface area contributed by atoms with Gasteiger partial charge in [-0.15, -0.1) is 0 Å². The fourth-order valence-electron chi connectivity index (χ4n) is 2.90. The molecule has 2 aliphatic rings. The Balaban J connectivity index is 1.28. The molecule has 0 saturated carbocycles. The topological polar surface area (TPSA) is 105 Å². The highest BCUT2D eigenvalue weighted by atomic mass is 32.2. The van der Waals surface area contributed by atoms with Crippen molar-refractivity contribution in [3.05, 3.63) is 105 Å². The Morgan fingerprint density at radius 2 is 1.83 bits per heavy atom. The molecule has 2 aromatic rings. The zero-order valence-electron chi connectivity index (χ0n) is 15.3. The van der Waals surface area contributed by atoms with Crippen molar-refractivity contribution in [2.24, 2.45) is 0 Å².